The molecule has 2 aliphatic rings. The Bertz CT molecular complexity index is 2600. The number of benzene rings is 1. The van der Waals surface area contributed by atoms with Gasteiger partial charge in [0.15, 0.2) is 10.9 Å². The standard InChI is InChI=1S/C44H52N12O7S/c1-27-33-25-47-43(51-39(33)55(30-12-7-8-13-30)41(61)38(27)29(3)57)50-35-18-17-31(24-46-35)54-22-20-53(21-23-54)26-37(59)45-19-11-5-4-6-16-36(58)49-34-15-10-9-14-32(34)40(60)52-44-48-28(2)42(64-44)56(62)63/h9-10,14-15,17-18,24-25,30H,4-8,11-13,16,19-23,26H2,1-3H3,(H,45,59)(H,49,58)(H,48,52,60)(H,46,47,50,51). The number of fused-ring (bicyclic) bond motifs is 1. The minimum Gasteiger partial charge on any atom is -0.368 e. The molecule has 0 atom stereocenters. The second-order valence-electron chi connectivity index (χ2n) is 16.1. The van der Waals surface area contributed by atoms with Crippen LogP contribution in [-0.2, 0) is 9.59 Å². The van der Waals surface area contributed by atoms with Gasteiger partial charge in [0.1, 0.15) is 17.2 Å². The predicted molar refractivity (Wildman–Crippen MR) is 245 cm³/mol. The highest BCUT2D eigenvalue weighted by atomic mass is 32.1. The normalized spacial score (nSPS) is 14.4. The van der Waals surface area contributed by atoms with Crippen molar-refractivity contribution in [2.75, 3.05) is 60.1 Å². The summed E-state index contributed by atoms with van der Waals surface area (Å²) in [5.41, 5.74) is 2.74. The fourth-order valence-electron chi connectivity index (χ4n) is 8.26. The van der Waals surface area contributed by atoms with Gasteiger partial charge < -0.3 is 20.9 Å². The van der Waals surface area contributed by atoms with Gasteiger partial charge in [-0.1, -0.05) is 37.8 Å². The number of aryl methyl sites for hydroxylation is 2. The lowest BCUT2D eigenvalue weighted by Gasteiger charge is -2.35. The molecule has 1 aliphatic carbocycles. The number of nitrogens with one attached hydrogen (secondary N) is 4. The topological polar surface area (TPSA) is 240 Å². The third-order valence-electron chi connectivity index (χ3n) is 11.6. The van der Waals surface area contributed by atoms with E-state index in [1.807, 2.05) is 12.1 Å². The van der Waals surface area contributed by atoms with Crippen LogP contribution in [0.1, 0.15) is 103 Å². The molecule has 19 nitrogen and oxygen atoms in total. The first-order valence-corrected chi connectivity index (χ1v) is 22.4. The summed E-state index contributed by atoms with van der Waals surface area (Å²) >= 11 is 0.769. The van der Waals surface area contributed by atoms with Crippen LogP contribution >= 0.6 is 11.3 Å². The Labute approximate surface area is 373 Å². The summed E-state index contributed by atoms with van der Waals surface area (Å²) in [4.78, 5) is 97.2. The van der Waals surface area contributed by atoms with Crippen LogP contribution in [0.2, 0.25) is 0 Å². The van der Waals surface area contributed by atoms with Gasteiger partial charge in [0.2, 0.25) is 17.8 Å². The van der Waals surface area contributed by atoms with E-state index in [0.717, 1.165) is 88.1 Å². The third kappa shape index (κ3) is 10.9. The van der Waals surface area contributed by atoms with Crippen LogP contribution in [0.15, 0.2) is 53.6 Å². The number of carbonyl (C=O) groups excluding carboxylic acids is 4. The second-order valence-corrected chi connectivity index (χ2v) is 17.1. The smallest absolute Gasteiger partial charge is 0.348 e. The molecule has 7 rings (SSSR count). The summed E-state index contributed by atoms with van der Waals surface area (Å²) < 4.78 is 1.69. The summed E-state index contributed by atoms with van der Waals surface area (Å²) in [6.45, 7) is 8.47. The fraction of sp³-hybridized carbons (Fsp3) is 0.432. The molecule has 1 aromatic carbocycles. The van der Waals surface area contributed by atoms with Crippen LogP contribution in [-0.4, -0.2) is 97.1 Å². The van der Waals surface area contributed by atoms with Crippen molar-refractivity contribution in [2.45, 2.75) is 84.6 Å². The number of para-hydroxylation sites is 1. The van der Waals surface area contributed by atoms with E-state index in [1.165, 1.54) is 13.8 Å². The number of Topliss-reactive ketones (excluding diaryl/α,β-unsaturated/α-hetero) is 1. The van der Waals surface area contributed by atoms with E-state index in [4.69, 9.17) is 4.98 Å². The highest BCUT2D eigenvalue weighted by Gasteiger charge is 2.27. The zero-order valence-corrected chi connectivity index (χ0v) is 37.0. The molecule has 1 saturated carbocycles. The monoisotopic (exact) mass is 892 g/mol. The number of amides is 3. The molecule has 4 aromatic heterocycles. The van der Waals surface area contributed by atoms with Gasteiger partial charge in [-0.15, -0.1) is 0 Å². The lowest BCUT2D eigenvalue weighted by molar-refractivity contribution is -0.380. The molecular weight excluding hydrogens is 841 g/mol. The van der Waals surface area contributed by atoms with Crippen LogP contribution < -0.4 is 31.7 Å². The number of nitrogens with zero attached hydrogens (tertiary/aromatic N) is 8. The molecule has 1 aliphatic heterocycles. The lowest BCUT2D eigenvalue weighted by atomic mass is 10.0. The number of hydrogen-bond donors (Lipinski definition) is 4. The highest BCUT2D eigenvalue weighted by Crippen LogP contribution is 2.33. The molecule has 336 valence electrons. The van der Waals surface area contributed by atoms with Gasteiger partial charge in [-0.25, -0.2) is 15.0 Å². The quantitative estimate of drug-likeness (QED) is 0.0327. The Balaban J connectivity index is 0.792. The molecule has 3 amide bonds. The zero-order chi connectivity index (χ0) is 45.3. The van der Waals surface area contributed by atoms with Gasteiger partial charge in [-0.3, -0.25) is 48.9 Å². The van der Waals surface area contributed by atoms with Crippen LogP contribution in [0, 0.1) is 24.0 Å². The highest BCUT2D eigenvalue weighted by molar-refractivity contribution is 7.19. The zero-order valence-electron chi connectivity index (χ0n) is 36.1. The van der Waals surface area contributed by atoms with E-state index in [-0.39, 0.29) is 62.6 Å². The van der Waals surface area contributed by atoms with Crippen LogP contribution in [0.5, 0.6) is 0 Å². The van der Waals surface area contributed by atoms with Crippen LogP contribution in [0.25, 0.3) is 11.0 Å². The maximum atomic E-state index is 13.6. The SMILES string of the molecule is CC(=O)c1c(C)c2cnc(Nc3ccc(N4CCN(CC(=O)NCCCCCCC(=O)Nc5ccccc5C(=O)Nc5nc(C)c([N+](=O)[O-])s5)CC4)cn3)nc2n(C2CCCC2)c1=O. The van der Waals surface area contributed by atoms with E-state index in [1.54, 1.807) is 48.1 Å². The first-order chi connectivity index (χ1) is 30.9. The Kier molecular flexibility index (Phi) is 14.7. The van der Waals surface area contributed by atoms with Crippen molar-refractivity contribution in [3.63, 3.8) is 0 Å². The first-order valence-electron chi connectivity index (χ1n) is 21.6. The maximum Gasteiger partial charge on any atom is 0.348 e. The Hall–Kier alpha value is -6.67. The molecule has 0 spiro atoms. The third-order valence-corrected chi connectivity index (χ3v) is 12.6. The molecule has 5 aromatic rings. The maximum absolute atomic E-state index is 13.6. The average Bonchev–Trinajstić information content (AvgIpc) is 3.94. The van der Waals surface area contributed by atoms with Crippen molar-refractivity contribution < 1.29 is 24.1 Å². The van der Waals surface area contributed by atoms with E-state index in [9.17, 15) is 34.1 Å². The number of hydrogen-bond acceptors (Lipinski definition) is 15. The second kappa shape index (κ2) is 20.7. The Morgan fingerprint density at radius 2 is 1.64 bits per heavy atom. The van der Waals surface area contributed by atoms with Gasteiger partial charge in [0.25, 0.3) is 11.5 Å². The predicted octanol–water partition coefficient (Wildman–Crippen LogP) is 6.31. The summed E-state index contributed by atoms with van der Waals surface area (Å²) in [5.74, 6) is -0.189. The van der Waals surface area contributed by atoms with Crippen molar-refractivity contribution in [3.05, 3.63) is 91.6 Å². The fourth-order valence-corrected chi connectivity index (χ4v) is 9.04. The average molecular weight is 893 g/mol. The van der Waals surface area contributed by atoms with E-state index in [0.29, 0.717) is 53.6 Å². The van der Waals surface area contributed by atoms with Crippen molar-refractivity contribution in [1.29, 1.82) is 0 Å². The number of carbonyl (C=O) groups is 4. The first kappa shape index (κ1) is 45.4. The number of pyridine rings is 2. The van der Waals surface area contributed by atoms with Crippen LogP contribution in [0.3, 0.4) is 0 Å². The van der Waals surface area contributed by atoms with Gasteiger partial charge in [-0.2, -0.15) is 4.98 Å². The number of aromatic nitrogens is 5. The molecule has 5 heterocycles. The molecule has 2 fully saturated rings. The number of ketones is 1. The molecular formula is C44H52N12O7S. The lowest BCUT2D eigenvalue weighted by Crippen LogP contribution is -2.49. The van der Waals surface area contributed by atoms with Crippen molar-refractivity contribution in [2.24, 2.45) is 0 Å². The molecule has 0 radical (unpaired) electrons. The minimum absolute atomic E-state index is 0.0107. The molecule has 0 unspecified atom stereocenters. The Morgan fingerprint density at radius 3 is 2.34 bits per heavy atom. The van der Waals surface area contributed by atoms with Crippen molar-refractivity contribution in [1.82, 2.24) is 34.7 Å². The Morgan fingerprint density at radius 1 is 0.891 bits per heavy atom. The number of thiazole rings is 1. The summed E-state index contributed by atoms with van der Waals surface area (Å²) in [5, 5.41) is 23.3. The van der Waals surface area contributed by atoms with Crippen LogP contribution in [0.4, 0.5) is 33.3 Å². The summed E-state index contributed by atoms with van der Waals surface area (Å²) in [6, 6.07) is 10.4. The van der Waals surface area contributed by atoms with Gasteiger partial charge >= 0.3 is 5.00 Å². The summed E-state index contributed by atoms with van der Waals surface area (Å²) in [7, 11) is 0. The van der Waals surface area contributed by atoms with Gasteiger partial charge in [-0.05, 0) is 87.6 Å². The molecule has 0 bridgehead atoms. The summed E-state index contributed by atoms with van der Waals surface area (Å²) in [6.07, 6.45) is 10.6. The largest absolute Gasteiger partial charge is 0.368 e. The number of piperazine rings is 1. The molecule has 20 heteroatoms. The van der Waals surface area contributed by atoms with E-state index >= 15 is 0 Å². The van der Waals surface area contributed by atoms with Gasteiger partial charge in [0.05, 0.1) is 40.2 Å². The molecule has 1 saturated heterocycles. The number of nitro groups is 1. The molecule has 4 N–H and O–H groups in total. The van der Waals surface area contributed by atoms with Crippen molar-refractivity contribution in [3.8, 4) is 0 Å². The number of anilines is 5. The van der Waals surface area contributed by atoms with E-state index in [2.05, 4.69) is 46.0 Å². The van der Waals surface area contributed by atoms with Crippen molar-refractivity contribution >= 4 is 79.1 Å². The van der Waals surface area contributed by atoms with Gasteiger partial charge in [0, 0.05) is 56.8 Å². The minimum atomic E-state index is -0.546. The molecule has 64 heavy (non-hydrogen) atoms. The number of unbranched alkanes of at least 4 members (excludes halogenated alkanes) is 3. The number of rotatable bonds is 18. The van der Waals surface area contributed by atoms with E-state index < -0.39 is 10.8 Å².